The number of hydrogen-bond donors (Lipinski definition) is 2. The smallest absolute Gasteiger partial charge is 0.275 e. The highest BCUT2D eigenvalue weighted by molar-refractivity contribution is 6.03. The number of ether oxygens (including phenoxy) is 2. The molecule has 8 nitrogen and oxygen atoms in total. The van der Waals surface area contributed by atoms with Crippen molar-refractivity contribution in [1.82, 2.24) is 14.9 Å². The fourth-order valence-electron chi connectivity index (χ4n) is 6.48. The molecule has 1 aliphatic heterocycles. The molecule has 0 bridgehead atoms. The van der Waals surface area contributed by atoms with E-state index in [4.69, 9.17) is 9.47 Å². The molecule has 2 N–H and O–H groups in total. The zero-order valence-electron chi connectivity index (χ0n) is 27.9. The summed E-state index contributed by atoms with van der Waals surface area (Å²) in [5, 5.41) is 12.7. The molecule has 1 aliphatic rings. The second-order valence-corrected chi connectivity index (χ2v) is 12.8. The van der Waals surface area contributed by atoms with Gasteiger partial charge in [0.2, 0.25) is 0 Å². The zero-order chi connectivity index (χ0) is 34.3. The Balaban J connectivity index is 1.16. The zero-order valence-corrected chi connectivity index (χ0v) is 27.9. The molecule has 7 rings (SSSR count). The second-order valence-electron chi connectivity index (χ2n) is 12.8. The average Bonchev–Trinajstić information content (AvgIpc) is 3.16. The molecule has 50 heavy (non-hydrogen) atoms. The Labute approximate surface area is 292 Å². The quantitative estimate of drug-likeness (QED) is 0.146. The molecular weight excluding hydrogens is 624 g/mol. The van der Waals surface area contributed by atoms with Crippen molar-refractivity contribution in [3.8, 4) is 0 Å². The highest BCUT2D eigenvalue weighted by Gasteiger charge is 2.39. The Morgan fingerprint density at radius 3 is 2.08 bits per heavy atom. The summed E-state index contributed by atoms with van der Waals surface area (Å²) in [4.78, 5) is 24.6. The first kappa shape index (κ1) is 33.3. The van der Waals surface area contributed by atoms with Gasteiger partial charge in [-0.05, 0) is 46.5 Å². The van der Waals surface area contributed by atoms with Gasteiger partial charge in [0.15, 0.2) is 6.29 Å². The van der Waals surface area contributed by atoms with Crippen LogP contribution < -0.4 is 5.32 Å². The first-order valence-electron chi connectivity index (χ1n) is 17.0. The van der Waals surface area contributed by atoms with Gasteiger partial charge >= 0.3 is 0 Å². The molecule has 0 spiro atoms. The summed E-state index contributed by atoms with van der Waals surface area (Å²) in [7, 11) is 0. The third-order valence-corrected chi connectivity index (χ3v) is 9.16. The van der Waals surface area contributed by atoms with Crippen LogP contribution >= 0.6 is 0 Å². The average molecular weight is 665 g/mol. The van der Waals surface area contributed by atoms with Crippen molar-refractivity contribution in [2.75, 3.05) is 11.9 Å². The minimum absolute atomic E-state index is 0.00892. The molecule has 1 aromatic heterocycles. The number of hydrogen-bond acceptors (Lipinski definition) is 7. The number of nitrogens with one attached hydrogen (secondary N) is 1. The van der Waals surface area contributed by atoms with Gasteiger partial charge in [0.1, 0.15) is 5.69 Å². The molecule has 252 valence electrons. The predicted octanol–water partition coefficient (Wildman–Crippen LogP) is 7.87. The molecule has 6 aromatic rings. The number of amides is 1. The molecule has 0 radical (unpaired) electrons. The van der Waals surface area contributed by atoms with Gasteiger partial charge in [-0.2, -0.15) is 0 Å². The van der Waals surface area contributed by atoms with Gasteiger partial charge in [-0.3, -0.25) is 14.7 Å². The number of anilines is 1. The van der Waals surface area contributed by atoms with Crippen LogP contribution in [-0.2, 0) is 29.2 Å². The summed E-state index contributed by atoms with van der Waals surface area (Å²) in [6.07, 6.45) is 0.346. The number of aromatic nitrogens is 2. The molecule has 8 heteroatoms. The van der Waals surface area contributed by atoms with Crippen molar-refractivity contribution < 1.29 is 19.4 Å². The number of rotatable bonds is 11. The highest BCUT2D eigenvalue weighted by atomic mass is 16.7. The maximum absolute atomic E-state index is 13.3. The topological polar surface area (TPSA) is 96.8 Å². The minimum atomic E-state index is -0.689. The van der Waals surface area contributed by atoms with Crippen molar-refractivity contribution in [1.29, 1.82) is 0 Å². The molecule has 2 heterocycles. The van der Waals surface area contributed by atoms with E-state index in [9.17, 15) is 9.90 Å². The fourth-order valence-corrected chi connectivity index (χ4v) is 6.48. The molecule has 1 saturated heterocycles. The Bertz CT molecular complexity index is 1980. The highest BCUT2D eigenvalue weighted by Crippen LogP contribution is 2.42. The van der Waals surface area contributed by atoms with Crippen LogP contribution in [0.1, 0.15) is 57.6 Å². The van der Waals surface area contributed by atoms with Gasteiger partial charge in [-0.1, -0.05) is 116 Å². The Hall–Kier alpha value is -5.25. The van der Waals surface area contributed by atoms with Gasteiger partial charge in [-0.25, -0.2) is 4.98 Å². The number of benzene rings is 5. The van der Waals surface area contributed by atoms with E-state index in [2.05, 4.69) is 75.6 Å². The first-order chi connectivity index (χ1) is 24.5. The van der Waals surface area contributed by atoms with Crippen molar-refractivity contribution in [3.63, 3.8) is 0 Å². The summed E-state index contributed by atoms with van der Waals surface area (Å²) in [5.41, 5.74) is 7.34. The fraction of sp³-hybridized carbons (Fsp3) is 0.214. The molecule has 5 aromatic carbocycles. The number of aliphatic hydroxyl groups is 1. The lowest BCUT2D eigenvalue weighted by Gasteiger charge is -2.43. The molecule has 0 unspecified atom stereocenters. The number of carbonyl (C=O) groups excluding carboxylic acids is 1. The van der Waals surface area contributed by atoms with Crippen LogP contribution in [-0.4, -0.2) is 38.5 Å². The van der Waals surface area contributed by atoms with Crippen LogP contribution in [0.2, 0.25) is 0 Å². The lowest BCUT2D eigenvalue weighted by atomic mass is 9.89. The number of carbonyl (C=O) groups is 1. The van der Waals surface area contributed by atoms with Gasteiger partial charge < -0.3 is 19.9 Å². The van der Waals surface area contributed by atoms with E-state index in [1.54, 1.807) is 0 Å². The molecule has 1 fully saturated rings. The number of nitrogens with zero attached hydrogens (tertiary/aromatic N) is 3. The van der Waals surface area contributed by atoms with Crippen molar-refractivity contribution >= 4 is 22.6 Å². The first-order valence-corrected chi connectivity index (χ1v) is 17.0. The summed E-state index contributed by atoms with van der Waals surface area (Å²) < 4.78 is 13.6. The van der Waals surface area contributed by atoms with Crippen LogP contribution in [0, 0.1) is 5.92 Å². The maximum Gasteiger partial charge on any atom is 0.275 e. The van der Waals surface area contributed by atoms with E-state index < -0.39 is 6.29 Å². The van der Waals surface area contributed by atoms with Gasteiger partial charge in [-0.15, -0.1) is 0 Å². The maximum atomic E-state index is 13.3. The Morgan fingerprint density at radius 2 is 1.40 bits per heavy atom. The second kappa shape index (κ2) is 15.5. The minimum Gasteiger partial charge on any atom is -0.392 e. The third kappa shape index (κ3) is 7.96. The molecule has 1 amide bonds. The summed E-state index contributed by atoms with van der Waals surface area (Å²) in [6.45, 7) is 4.36. The molecule has 0 saturated carbocycles. The van der Waals surface area contributed by atoms with E-state index in [1.807, 2.05) is 84.9 Å². The van der Waals surface area contributed by atoms with E-state index in [1.165, 1.54) is 17.3 Å². The Morgan fingerprint density at radius 1 is 0.740 bits per heavy atom. The van der Waals surface area contributed by atoms with Gasteiger partial charge in [0, 0.05) is 36.8 Å². The monoisotopic (exact) mass is 664 g/mol. The molecule has 0 aliphatic carbocycles. The largest absolute Gasteiger partial charge is 0.392 e. The third-order valence-electron chi connectivity index (χ3n) is 9.16. The van der Waals surface area contributed by atoms with Crippen molar-refractivity contribution in [3.05, 3.63) is 173 Å². The van der Waals surface area contributed by atoms with Crippen LogP contribution in [0.4, 0.5) is 5.69 Å². The number of aliphatic hydroxyl groups excluding tert-OH is 1. The van der Waals surface area contributed by atoms with Gasteiger partial charge in [0.05, 0.1) is 36.0 Å². The normalized spacial score (nSPS) is 19.0. The Kier molecular flexibility index (Phi) is 10.3. The van der Waals surface area contributed by atoms with E-state index in [0.717, 1.165) is 35.3 Å². The van der Waals surface area contributed by atoms with Crippen molar-refractivity contribution in [2.24, 2.45) is 5.92 Å². The van der Waals surface area contributed by atoms with E-state index in [-0.39, 0.29) is 36.3 Å². The van der Waals surface area contributed by atoms with E-state index in [0.29, 0.717) is 17.7 Å². The number of para-hydroxylation sites is 2. The standard InChI is InChI=1S/C42H40N4O4/c1-29-39(27-46(25-30-11-4-2-5-12-30)26-31-13-6-3-7-14-31)49-42(50-40(29)33-21-19-32(28-47)20-22-33)34-15-10-16-35(23-34)44-41(48)38-24-43-36-17-8-9-18-37(36)45-38/h2-24,29,39-40,42,47H,25-28H2,1H3,(H,44,48)/t29-,39+,40+,42+/m0/s1. The molecular formula is C42H40N4O4. The SMILES string of the molecule is C[C@H]1[C@@H](CN(Cc2ccccc2)Cc2ccccc2)O[C@@H](c2cccc(NC(=O)c3cnc4ccccc4n3)c2)O[C@H]1c1ccc(CO)cc1. The van der Waals surface area contributed by atoms with Crippen LogP contribution in [0.3, 0.4) is 0 Å². The summed E-state index contributed by atoms with van der Waals surface area (Å²) >= 11 is 0. The lowest BCUT2D eigenvalue weighted by Crippen LogP contribution is -2.44. The van der Waals surface area contributed by atoms with Crippen LogP contribution in [0.5, 0.6) is 0 Å². The number of fused-ring (bicyclic) bond motifs is 1. The summed E-state index contributed by atoms with van der Waals surface area (Å²) in [5.74, 6) is -0.341. The lowest BCUT2D eigenvalue weighted by molar-refractivity contribution is -0.276. The van der Waals surface area contributed by atoms with Crippen molar-refractivity contribution in [2.45, 2.75) is 45.1 Å². The van der Waals surface area contributed by atoms with Crippen LogP contribution in [0.25, 0.3) is 11.0 Å². The predicted molar refractivity (Wildman–Crippen MR) is 194 cm³/mol. The molecule has 4 atom stereocenters. The van der Waals surface area contributed by atoms with Gasteiger partial charge in [0.25, 0.3) is 5.91 Å². The van der Waals surface area contributed by atoms with E-state index >= 15 is 0 Å². The summed E-state index contributed by atoms with van der Waals surface area (Å²) in [6, 6.07) is 44.0. The van der Waals surface area contributed by atoms with Crippen LogP contribution in [0.15, 0.2) is 140 Å².